The molecule has 3 aromatic carbocycles. The summed E-state index contributed by atoms with van der Waals surface area (Å²) in [6, 6.07) is 21.5. The average Bonchev–Trinajstić information content (AvgIpc) is 3.50. The van der Waals surface area contributed by atoms with Crippen LogP contribution in [0.25, 0.3) is 0 Å². The predicted octanol–water partition coefficient (Wildman–Crippen LogP) is 3.36. The van der Waals surface area contributed by atoms with Crippen molar-refractivity contribution in [3.05, 3.63) is 95.0 Å². The largest absolute Gasteiger partial charge is 0.484 e. The standard InChI is InChI=1S/C29H31ClN4O6S/c30-24-10-14-27(15-11-24)41(37,38)34(19-23-5-2-1-3-6-23)20-28(35)33-32-17-22-8-12-25(13-9-22)40-21-29(36)31-18-26-7-4-16-39-26/h1-3,5-6,8-15,17,26H,4,7,16,18-21H2,(H,31,36)(H,33,35)/b32-17+/t26-/m1/s1. The summed E-state index contributed by atoms with van der Waals surface area (Å²) in [5.74, 6) is -0.334. The Morgan fingerprint density at radius 3 is 2.44 bits per heavy atom. The van der Waals surface area contributed by atoms with Crippen molar-refractivity contribution in [3.63, 3.8) is 0 Å². The number of nitrogens with zero attached hydrogens (tertiary/aromatic N) is 2. The summed E-state index contributed by atoms with van der Waals surface area (Å²) in [7, 11) is -4.00. The number of hydrogen-bond donors (Lipinski definition) is 2. The second-order valence-electron chi connectivity index (χ2n) is 9.30. The molecule has 0 spiro atoms. The molecule has 0 saturated carbocycles. The third-order valence-corrected chi connectivity index (χ3v) is 8.23. The van der Waals surface area contributed by atoms with Gasteiger partial charge in [-0.05, 0) is 72.5 Å². The van der Waals surface area contributed by atoms with Crippen LogP contribution in [0.5, 0.6) is 5.75 Å². The Hall–Kier alpha value is -3.77. The lowest BCUT2D eigenvalue weighted by atomic mass is 10.2. The number of rotatable bonds is 13. The molecular weight excluding hydrogens is 568 g/mol. The van der Waals surface area contributed by atoms with E-state index in [0.717, 1.165) is 29.3 Å². The van der Waals surface area contributed by atoms with Crippen molar-refractivity contribution < 1.29 is 27.5 Å². The first kappa shape index (κ1) is 30.2. The maximum absolute atomic E-state index is 13.3. The molecule has 0 unspecified atom stereocenters. The van der Waals surface area contributed by atoms with Gasteiger partial charge in [0.2, 0.25) is 10.0 Å². The van der Waals surface area contributed by atoms with E-state index in [1.807, 2.05) is 6.07 Å². The Kier molecular flexibility index (Phi) is 10.9. The smallest absolute Gasteiger partial charge is 0.258 e. The minimum Gasteiger partial charge on any atom is -0.484 e. The molecule has 0 bridgehead atoms. The molecule has 1 fully saturated rings. The zero-order valence-electron chi connectivity index (χ0n) is 22.2. The molecule has 1 saturated heterocycles. The number of hydrazone groups is 1. The van der Waals surface area contributed by atoms with Gasteiger partial charge in [-0.25, -0.2) is 13.8 Å². The number of halogens is 1. The Balaban J connectivity index is 1.29. The van der Waals surface area contributed by atoms with E-state index < -0.39 is 22.5 Å². The number of nitrogens with one attached hydrogen (secondary N) is 2. The van der Waals surface area contributed by atoms with Gasteiger partial charge in [-0.2, -0.15) is 9.41 Å². The minimum absolute atomic E-state index is 0.00320. The first-order valence-electron chi connectivity index (χ1n) is 13.0. The lowest BCUT2D eigenvalue weighted by molar-refractivity contribution is -0.123. The SMILES string of the molecule is O=C(COc1ccc(/C=N/NC(=O)CN(Cc2ccccc2)S(=O)(=O)c2ccc(Cl)cc2)cc1)NC[C@H]1CCCO1. The molecule has 41 heavy (non-hydrogen) atoms. The molecule has 3 aromatic rings. The van der Waals surface area contributed by atoms with Crippen molar-refractivity contribution in [2.45, 2.75) is 30.4 Å². The molecule has 0 aromatic heterocycles. The van der Waals surface area contributed by atoms with Crippen molar-refractivity contribution in [1.29, 1.82) is 0 Å². The van der Waals surface area contributed by atoms with Gasteiger partial charge in [-0.1, -0.05) is 41.9 Å². The number of ether oxygens (including phenoxy) is 2. The van der Waals surface area contributed by atoms with Crippen LogP contribution < -0.4 is 15.5 Å². The average molecular weight is 599 g/mol. The third-order valence-electron chi connectivity index (χ3n) is 6.18. The predicted molar refractivity (Wildman–Crippen MR) is 155 cm³/mol. The molecule has 2 amide bonds. The Morgan fingerprint density at radius 2 is 1.76 bits per heavy atom. The lowest BCUT2D eigenvalue weighted by Crippen LogP contribution is -2.39. The van der Waals surface area contributed by atoms with Crippen LogP contribution in [0.2, 0.25) is 5.02 Å². The third kappa shape index (κ3) is 9.39. The zero-order chi connectivity index (χ0) is 29.1. The molecule has 1 heterocycles. The van der Waals surface area contributed by atoms with Gasteiger partial charge in [-0.15, -0.1) is 0 Å². The summed E-state index contributed by atoms with van der Waals surface area (Å²) < 4.78 is 38.7. The van der Waals surface area contributed by atoms with Gasteiger partial charge in [0.05, 0.1) is 23.8 Å². The van der Waals surface area contributed by atoms with Gasteiger partial charge in [0.1, 0.15) is 5.75 Å². The molecular formula is C29H31ClN4O6S. The molecule has 4 rings (SSSR count). The Labute approximate surface area is 244 Å². The normalized spacial score (nSPS) is 15.2. The molecule has 1 atom stereocenters. The summed E-state index contributed by atoms with van der Waals surface area (Å²) in [6.07, 6.45) is 3.44. The van der Waals surface area contributed by atoms with Crippen LogP contribution >= 0.6 is 11.6 Å². The molecule has 1 aliphatic heterocycles. The molecule has 0 radical (unpaired) electrons. The molecule has 216 valence electrons. The summed E-state index contributed by atoms with van der Waals surface area (Å²) in [4.78, 5) is 24.7. The van der Waals surface area contributed by atoms with Gasteiger partial charge in [0.15, 0.2) is 6.61 Å². The monoisotopic (exact) mass is 598 g/mol. The van der Waals surface area contributed by atoms with E-state index in [2.05, 4.69) is 15.8 Å². The fourth-order valence-electron chi connectivity index (χ4n) is 4.03. The highest BCUT2D eigenvalue weighted by atomic mass is 35.5. The van der Waals surface area contributed by atoms with Crippen molar-refractivity contribution in [3.8, 4) is 5.75 Å². The van der Waals surface area contributed by atoms with Crippen molar-refractivity contribution in [2.75, 3.05) is 26.3 Å². The van der Waals surface area contributed by atoms with Crippen LogP contribution in [0, 0.1) is 0 Å². The molecule has 0 aliphatic carbocycles. The van der Waals surface area contributed by atoms with E-state index in [0.29, 0.717) is 22.9 Å². The zero-order valence-corrected chi connectivity index (χ0v) is 23.8. The lowest BCUT2D eigenvalue weighted by Gasteiger charge is -2.21. The maximum Gasteiger partial charge on any atom is 0.258 e. The van der Waals surface area contributed by atoms with Crippen molar-refractivity contribution in [2.24, 2.45) is 5.10 Å². The topological polar surface area (TPSA) is 126 Å². The fraction of sp³-hybridized carbons (Fsp3) is 0.276. The highest BCUT2D eigenvalue weighted by molar-refractivity contribution is 7.89. The highest BCUT2D eigenvalue weighted by Gasteiger charge is 2.27. The summed E-state index contributed by atoms with van der Waals surface area (Å²) in [5, 5.41) is 7.15. The van der Waals surface area contributed by atoms with Crippen LogP contribution in [0.4, 0.5) is 0 Å². The number of hydrogen-bond acceptors (Lipinski definition) is 7. The number of carbonyl (C=O) groups is 2. The van der Waals surface area contributed by atoms with Gasteiger partial charge >= 0.3 is 0 Å². The molecule has 12 heteroatoms. The van der Waals surface area contributed by atoms with E-state index in [4.69, 9.17) is 21.1 Å². The molecule has 1 aliphatic rings. The van der Waals surface area contributed by atoms with Gasteiger partial charge in [0, 0.05) is 24.7 Å². The van der Waals surface area contributed by atoms with Crippen LogP contribution in [-0.4, -0.2) is 63.2 Å². The Morgan fingerprint density at radius 1 is 1.02 bits per heavy atom. The highest BCUT2D eigenvalue weighted by Crippen LogP contribution is 2.20. The maximum atomic E-state index is 13.3. The Bertz CT molecular complexity index is 1430. The van der Waals surface area contributed by atoms with E-state index in [-0.39, 0.29) is 30.1 Å². The second kappa shape index (κ2) is 14.7. The van der Waals surface area contributed by atoms with Crippen LogP contribution in [0.15, 0.2) is 88.9 Å². The number of carbonyl (C=O) groups excluding carboxylic acids is 2. The van der Waals surface area contributed by atoms with Crippen molar-refractivity contribution >= 4 is 39.7 Å². The first-order valence-corrected chi connectivity index (χ1v) is 14.8. The van der Waals surface area contributed by atoms with E-state index in [1.54, 1.807) is 48.5 Å². The molecule has 10 nitrogen and oxygen atoms in total. The number of sulfonamides is 1. The van der Waals surface area contributed by atoms with E-state index >= 15 is 0 Å². The van der Waals surface area contributed by atoms with Gasteiger partial charge < -0.3 is 14.8 Å². The summed E-state index contributed by atoms with van der Waals surface area (Å²) >= 11 is 5.92. The minimum atomic E-state index is -4.00. The summed E-state index contributed by atoms with van der Waals surface area (Å²) in [6.45, 7) is 0.639. The quantitative estimate of drug-likeness (QED) is 0.230. The van der Waals surface area contributed by atoms with E-state index in [9.17, 15) is 18.0 Å². The number of amides is 2. The van der Waals surface area contributed by atoms with Crippen LogP contribution in [0.3, 0.4) is 0 Å². The van der Waals surface area contributed by atoms with Crippen LogP contribution in [-0.2, 0) is 30.9 Å². The first-order chi connectivity index (χ1) is 19.8. The fourth-order valence-corrected chi connectivity index (χ4v) is 5.54. The van der Waals surface area contributed by atoms with Crippen LogP contribution in [0.1, 0.15) is 24.0 Å². The summed E-state index contributed by atoms with van der Waals surface area (Å²) in [5.41, 5.74) is 3.77. The molecule has 2 N–H and O–H groups in total. The van der Waals surface area contributed by atoms with E-state index in [1.165, 1.54) is 30.5 Å². The second-order valence-corrected chi connectivity index (χ2v) is 11.7. The van der Waals surface area contributed by atoms with Gasteiger partial charge in [0.25, 0.3) is 11.8 Å². The van der Waals surface area contributed by atoms with Crippen molar-refractivity contribution in [1.82, 2.24) is 15.0 Å². The van der Waals surface area contributed by atoms with Gasteiger partial charge in [-0.3, -0.25) is 9.59 Å². The number of benzene rings is 3.